The fraction of sp³-hybridized carbons (Fsp3) is 0.312. The average molecular weight is 275 g/mol. The van der Waals surface area contributed by atoms with Gasteiger partial charge in [0.15, 0.2) is 5.78 Å². The second-order valence-electron chi connectivity index (χ2n) is 4.83. The number of ketones is 1. The molecule has 0 saturated carbocycles. The summed E-state index contributed by atoms with van der Waals surface area (Å²) in [5.41, 5.74) is 3.86. The van der Waals surface area contributed by atoms with Crippen LogP contribution in [-0.2, 0) is 4.79 Å². The number of nitrogens with zero attached hydrogens (tertiary/aromatic N) is 1. The molecule has 0 amide bonds. The van der Waals surface area contributed by atoms with Gasteiger partial charge in [-0.1, -0.05) is 23.7 Å². The molecule has 1 heterocycles. The van der Waals surface area contributed by atoms with Crippen LogP contribution in [0.25, 0.3) is 0 Å². The van der Waals surface area contributed by atoms with Crippen LogP contribution in [0.15, 0.2) is 41.2 Å². The Balaban J connectivity index is 2.53. The van der Waals surface area contributed by atoms with E-state index in [4.69, 9.17) is 11.6 Å². The van der Waals surface area contributed by atoms with Gasteiger partial charge in [-0.05, 0) is 44.5 Å². The van der Waals surface area contributed by atoms with Crippen LogP contribution >= 0.6 is 11.6 Å². The van der Waals surface area contributed by atoms with Crippen molar-refractivity contribution in [3.05, 3.63) is 57.9 Å². The maximum atomic E-state index is 12.0. The lowest BCUT2D eigenvalue weighted by Gasteiger charge is -2.31. The molecule has 2 nitrogen and oxygen atoms in total. The molecule has 99 valence electrons. The summed E-state index contributed by atoms with van der Waals surface area (Å²) in [7, 11) is 1.96. The lowest BCUT2D eigenvalue weighted by Crippen LogP contribution is -2.25. The quantitative estimate of drug-likeness (QED) is 0.814. The number of halogens is 1. The van der Waals surface area contributed by atoms with E-state index in [1.807, 2.05) is 50.1 Å². The molecule has 0 spiro atoms. The van der Waals surface area contributed by atoms with E-state index in [1.165, 1.54) is 0 Å². The summed E-state index contributed by atoms with van der Waals surface area (Å²) >= 11 is 5.92. The van der Waals surface area contributed by atoms with Crippen LogP contribution in [0.5, 0.6) is 0 Å². The summed E-state index contributed by atoms with van der Waals surface area (Å²) in [5, 5.41) is 0.697. The number of hydrogen-bond acceptors (Lipinski definition) is 2. The zero-order chi connectivity index (χ0) is 14.2. The number of Topliss-reactive ketones (excluding diaryl/α,β-unsaturated/α-hetero) is 1. The average Bonchev–Trinajstić information content (AvgIpc) is 2.36. The van der Waals surface area contributed by atoms with E-state index < -0.39 is 0 Å². The topological polar surface area (TPSA) is 20.3 Å². The Morgan fingerprint density at radius 2 is 1.84 bits per heavy atom. The fourth-order valence-corrected chi connectivity index (χ4v) is 2.51. The highest BCUT2D eigenvalue weighted by Crippen LogP contribution is 2.35. The third-order valence-electron chi connectivity index (χ3n) is 3.62. The Bertz CT molecular complexity index is 569. The number of rotatable bonds is 2. The normalized spacial score (nSPS) is 19.5. The van der Waals surface area contributed by atoms with Gasteiger partial charge < -0.3 is 4.90 Å². The lowest BCUT2D eigenvalue weighted by atomic mass is 9.84. The standard InChI is InChI=1S/C16H17ClNO/c1-10-9-15(13-5-7-14(17)8-6-13)16(12(3)19)11(2)18(10)4/h5-8,15H,1-4H3. The molecule has 2 rings (SSSR count). The molecule has 1 aliphatic heterocycles. The van der Waals surface area contributed by atoms with Crippen molar-refractivity contribution in [2.75, 3.05) is 7.05 Å². The molecule has 1 unspecified atom stereocenters. The first-order valence-corrected chi connectivity index (χ1v) is 6.60. The van der Waals surface area contributed by atoms with Crippen molar-refractivity contribution in [3.63, 3.8) is 0 Å². The van der Waals surface area contributed by atoms with Crippen molar-refractivity contribution < 1.29 is 4.79 Å². The monoisotopic (exact) mass is 274 g/mol. The minimum absolute atomic E-state index is 0.0873. The van der Waals surface area contributed by atoms with E-state index in [2.05, 4.69) is 6.08 Å². The predicted octanol–water partition coefficient (Wildman–Crippen LogP) is 3.94. The first kappa shape index (κ1) is 13.9. The third-order valence-corrected chi connectivity index (χ3v) is 3.87. The van der Waals surface area contributed by atoms with Crippen molar-refractivity contribution in [2.24, 2.45) is 0 Å². The highest BCUT2D eigenvalue weighted by molar-refractivity contribution is 6.30. The minimum Gasteiger partial charge on any atom is -0.351 e. The van der Waals surface area contributed by atoms with Crippen LogP contribution in [0.1, 0.15) is 32.3 Å². The molecule has 0 fully saturated rings. The van der Waals surface area contributed by atoms with Gasteiger partial charge in [-0.3, -0.25) is 4.79 Å². The van der Waals surface area contributed by atoms with E-state index in [0.29, 0.717) is 5.02 Å². The van der Waals surface area contributed by atoms with Gasteiger partial charge in [-0.25, -0.2) is 0 Å². The van der Waals surface area contributed by atoms with Crippen LogP contribution < -0.4 is 0 Å². The Kier molecular flexibility index (Phi) is 3.81. The zero-order valence-electron chi connectivity index (χ0n) is 11.6. The Hall–Kier alpha value is -1.54. The van der Waals surface area contributed by atoms with Crippen LogP contribution in [-0.4, -0.2) is 17.7 Å². The molecule has 0 N–H and O–H groups in total. The number of allylic oxidation sites excluding steroid dienone is 4. The molecule has 1 atom stereocenters. The number of carbonyl (C=O) groups is 1. The smallest absolute Gasteiger partial charge is 0.158 e. The van der Waals surface area contributed by atoms with Gasteiger partial charge in [0.1, 0.15) is 0 Å². The molecule has 0 aromatic heterocycles. The Labute approximate surface area is 119 Å². The van der Waals surface area contributed by atoms with Crippen LogP contribution in [0.2, 0.25) is 5.02 Å². The molecule has 0 aliphatic carbocycles. The van der Waals surface area contributed by atoms with Gasteiger partial charge in [0.25, 0.3) is 0 Å². The SMILES string of the molecule is CC(=O)C1=C(C)N(C)C(C)=[C]C1c1ccc(Cl)cc1. The highest BCUT2D eigenvalue weighted by Gasteiger charge is 2.27. The van der Waals surface area contributed by atoms with E-state index in [0.717, 1.165) is 22.5 Å². The maximum Gasteiger partial charge on any atom is 0.158 e. The first-order valence-electron chi connectivity index (χ1n) is 6.22. The fourth-order valence-electron chi connectivity index (χ4n) is 2.38. The second kappa shape index (κ2) is 5.22. The van der Waals surface area contributed by atoms with E-state index >= 15 is 0 Å². The minimum atomic E-state index is -0.106. The summed E-state index contributed by atoms with van der Waals surface area (Å²) < 4.78 is 0. The highest BCUT2D eigenvalue weighted by atomic mass is 35.5. The molecule has 19 heavy (non-hydrogen) atoms. The Morgan fingerprint density at radius 1 is 1.26 bits per heavy atom. The summed E-state index contributed by atoms with van der Waals surface area (Å²) in [6, 6.07) is 7.60. The summed E-state index contributed by atoms with van der Waals surface area (Å²) in [6.45, 7) is 5.59. The molecule has 3 heteroatoms. The zero-order valence-corrected chi connectivity index (χ0v) is 12.4. The summed E-state index contributed by atoms with van der Waals surface area (Å²) in [6.07, 6.45) is 3.38. The van der Waals surface area contributed by atoms with Crippen LogP contribution in [0.4, 0.5) is 0 Å². The van der Waals surface area contributed by atoms with Gasteiger partial charge in [0.2, 0.25) is 0 Å². The van der Waals surface area contributed by atoms with E-state index in [1.54, 1.807) is 6.92 Å². The lowest BCUT2D eigenvalue weighted by molar-refractivity contribution is -0.114. The maximum absolute atomic E-state index is 12.0. The molecular weight excluding hydrogens is 258 g/mol. The van der Waals surface area contributed by atoms with Crippen molar-refractivity contribution in [3.8, 4) is 0 Å². The summed E-state index contributed by atoms with van der Waals surface area (Å²) in [5.74, 6) is -0.0183. The second-order valence-corrected chi connectivity index (χ2v) is 5.27. The van der Waals surface area contributed by atoms with E-state index in [9.17, 15) is 4.79 Å². The molecule has 1 aliphatic rings. The van der Waals surface area contributed by atoms with Crippen molar-refractivity contribution in [1.82, 2.24) is 4.90 Å². The van der Waals surface area contributed by atoms with Crippen LogP contribution in [0.3, 0.4) is 0 Å². The molecule has 0 saturated heterocycles. The van der Waals surface area contributed by atoms with E-state index in [-0.39, 0.29) is 11.7 Å². The van der Waals surface area contributed by atoms with Crippen molar-refractivity contribution >= 4 is 17.4 Å². The van der Waals surface area contributed by atoms with Crippen molar-refractivity contribution in [1.29, 1.82) is 0 Å². The number of benzene rings is 1. The molecular formula is C16H17ClNO. The van der Waals surface area contributed by atoms with Gasteiger partial charge in [-0.2, -0.15) is 0 Å². The molecule has 0 bridgehead atoms. The van der Waals surface area contributed by atoms with Gasteiger partial charge >= 0.3 is 0 Å². The molecule has 1 aromatic rings. The molecule has 1 radical (unpaired) electrons. The third kappa shape index (κ3) is 2.59. The predicted molar refractivity (Wildman–Crippen MR) is 77.8 cm³/mol. The number of carbonyl (C=O) groups excluding carboxylic acids is 1. The van der Waals surface area contributed by atoms with Crippen molar-refractivity contribution in [2.45, 2.75) is 26.7 Å². The Morgan fingerprint density at radius 3 is 2.37 bits per heavy atom. The van der Waals surface area contributed by atoms with Gasteiger partial charge in [0.05, 0.1) is 0 Å². The number of hydrogen-bond donors (Lipinski definition) is 0. The largest absolute Gasteiger partial charge is 0.351 e. The van der Waals surface area contributed by atoms with Gasteiger partial charge in [-0.15, -0.1) is 0 Å². The van der Waals surface area contributed by atoms with Gasteiger partial charge in [0, 0.05) is 35.0 Å². The first-order chi connectivity index (χ1) is 8.91. The van der Waals surface area contributed by atoms with Crippen LogP contribution in [0, 0.1) is 6.08 Å². The molecule has 1 aromatic carbocycles. The summed E-state index contributed by atoms with van der Waals surface area (Å²) in [4.78, 5) is 14.0.